The highest BCUT2D eigenvalue weighted by molar-refractivity contribution is 6.32. The third-order valence-electron chi connectivity index (χ3n) is 5.58. The Hall–Kier alpha value is -3.03. The van der Waals surface area contributed by atoms with Gasteiger partial charge in [0.1, 0.15) is 0 Å². The summed E-state index contributed by atoms with van der Waals surface area (Å²) in [7, 11) is 7.25. The number of aromatic nitrogens is 2. The lowest BCUT2D eigenvalue weighted by atomic mass is 10.1. The van der Waals surface area contributed by atoms with E-state index in [1.54, 1.807) is 18.9 Å². The summed E-state index contributed by atoms with van der Waals surface area (Å²) in [5.41, 5.74) is 4.88. The third kappa shape index (κ3) is 4.06. The molecule has 1 aliphatic carbocycles. The molecule has 7 nitrogen and oxygen atoms in total. The maximum absolute atomic E-state index is 13.1. The van der Waals surface area contributed by atoms with Gasteiger partial charge in [0.2, 0.25) is 0 Å². The van der Waals surface area contributed by atoms with E-state index < -0.39 is 0 Å². The summed E-state index contributed by atoms with van der Waals surface area (Å²) in [6.07, 6.45) is 1.44. The number of carbonyl (C=O) groups is 1. The van der Waals surface area contributed by atoms with E-state index >= 15 is 0 Å². The molecule has 0 atom stereocenters. The van der Waals surface area contributed by atoms with Gasteiger partial charge in [-0.15, -0.1) is 0 Å². The molecule has 0 unspecified atom stereocenters. The average Bonchev–Trinajstić information content (AvgIpc) is 3.32. The summed E-state index contributed by atoms with van der Waals surface area (Å²) in [4.78, 5) is 15.2. The number of carbonyl (C=O) groups excluding carboxylic acids is 1. The molecule has 0 saturated carbocycles. The van der Waals surface area contributed by atoms with Gasteiger partial charge in [-0.3, -0.25) is 4.79 Å². The van der Waals surface area contributed by atoms with Crippen molar-refractivity contribution in [2.45, 2.75) is 12.8 Å². The highest BCUT2D eigenvalue weighted by Crippen LogP contribution is 2.45. The molecule has 0 bridgehead atoms. The number of para-hydroxylation sites is 1. The summed E-state index contributed by atoms with van der Waals surface area (Å²) in [5, 5.41) is 8.28. The van der Waals surface area contributed by atoms with E-state index in [-0.39, 0.29) is 5.91 Å². The number of hydrogen-bond donors (Lipinski definition) is 1. The molecular formula is C24H27ClN4O3. The minimum Gasteiger partial charge on any atom is -0.493 e. The number of benzene rings is 2. The van der Waals surface area contributed by atoms with Gasteiger partial charge < -0.3 is 19.7 Å². The van der Waals surface area contributed by atoms with E-state index in [1.165, 1.54) is 0 Å². The van der Waals surface area contributed by atoms with E-state index in [9.17, 15) is 4.79 Å². The monoisotopic (exact) mass is 454 g/mol. The zero-order valence-electron chi connectivity index (χ0n) is 18.7. The lowest BCUT2D eigenvalue weighted by Gasteiger charge is -2.13. The minimum atomic E-state index is -0.183. The van der Waals surface area contributed by atoms with Gasteiger partial charge in [-0.2, -0.15) is 5.10 Å². The van der Waals surface area contributed by atoms with Gasteiger partial charge in [-0.05, 0) is 56.9 Å². The Kier molecular flexibility index (Phi) is 6.39. The van der Waals surface area contributed by atoms with Crippen LogP contribution in [0.2, 0.25) is 5.02 Å². The van der Waals surface area contributed by atoms with Gasteiger partial charge in [0.05, 0.1) is 30.6 Å². The van der Waals surface area contributed by atoms with E-state index in [0.717, 1.165) is 41.0 Å². The zero-order valence-corrected chi connectivity index (χ0v) is 19.5. The van der Waals surface area contributed by atoms with Crippen molar-refractivity contribution < 1.29 is 14.3 Å². The topological polar surface area (TPSA) is 68.6 Å². The normalized spacial score (nSPS) is 11.9. The maximum atomic E-state index is 13.1. The molecule has 2 aromatic carbocycles. The smallest absolute Gasteiger partial charge is 0.272 e. The standard InChI is InChI=1S/C24H27ClN4O3/c1-28(2)11-7-10-26-24(30)22-17-12-15-13-20(31-3)21(32-4)14-16(15)23(17)29(27-22)19-9-6-5-8-18(19)25/h5-6,8-9,13-14H,7,10-12H2,1-4H3,(H,26,30). The molecule has 8 heteroatoms. The molecule has 0 spiro atoms. The Bertz CT molecular complexity index is 1160. The van der Waals surface area contributed by atoms with Crippen molar-refractivity contribution in [1.82, 2.24) is 20.0 Å². The Labute approximate surface area is 192 Å². The number of methoxy groups -OCH3 is 2. The first kappa shape index (κ1) is 22.2. The van der Waals surface area contributed by atoms with Crippen LogP contribution < -0.4 is 14.8 Å². The predicted molar refractivity (Wildman–Crippen MR) is 125 cm³/mol. The largest absolute Gasteiger partial charge is 0.493 e. The van der Waals surface area contributed by atoms with Crippen LogP contribution in [-0.4, -0.2) is 62.0 Å². The highest BCUT2D eigenvalue weighted by atomic mass is 35.5. The summed E-state index contributed by atoms with van der Waals surface area (Å²) in [5.74, 6) is 1.10. The number of halogens is 1. The van der Waals surface area contributed by atoms with E-state index in [4.69, 9.17) is 26.2 Å². The molecule has 3 aromatic rings. The van der Waals surface area contributed by atoms with Crippen molar-refractivity contribution in [2.75, 3.05) is 41.4 Å². The van der Waals surface area contributed by atoms with Gasteiger partial charge in [0, 0.05) is 24.1 Å². The zero-order chi connectivity index (χ0) is 22.8. The number of nitrogens with zero attached hydrogens (tertiary/aromatic N) is 3. The molecular weight excluding hydrogens is 428 g/mol. The fraction of sp³-hybridized carbons (Fsp3) is 0.333. The highest BCUT2D eigenvalue weighted by Gasteiger charge is 2.32. The van der Waals surface area contributed by atoms with Crippen molar-refractivity contribution in [3.63, 3.8) is 0 Å². The quantitative estimate of drug-likeness (QED) is 0.410. The van der Waals surface area contributed by atoms with Gasteiger partial charge in [-0.25, -0.2) is 4.68 Å². The van der Waals surface area contributed by atoms with Crippen LogP contribution in [0.15, 0.2) is 36.4 Å². The Morgan fingerprint density at radius 2 is 1.91 bits per heavy atom. The summed E-state index contributed by atoms with van der Waals surface area (Å²) >= 11 is 6.50. The molecule has 0 fully saturated rings. The fourth-order valence-corrected chi connectivity index (χ4v) is 4.25. The van der Waals surface area contributed by atoms with Crippen LogP contribution in [0.5, 0.6) is 11.5 Å². The number of amides is 1. The number of fused-ring (bicyclic) bond motifs is 3. The second kappa shape index (κ2) is 9.22. The molecule has 0 aliphatic heterocycles. The molecule has 1 amide bonds. The van der Waals surface area contributed by atoms with Crippen LogP contribution in [0.4, 0.5) is 0 Å². The van der Waals surface area contributed by atoms with Crippen LogP contribution >= 0.6 is 11.6 Å². The Morgan fingerprint density at radius 1 is 1.19 bits per heavy atom. The second-order valence-corrected chi connectivity index (χ2v) is 8.40. The van der Waals surface area contributed by atoms with Crippen LogP contribution in [0, 0.1) is 0 Å². The molecule has 1 N–H and O–H groups in total. The molecule has 1 aliphatic rings. The predicted octanol–water partition coefficient (Wildman–Crippen LogP) is 3.80. The molecule has 1 heterocycles. The number of ether oxygens (including phenoxy) is 2. The average molecular weight is 455 g/mol. The van der Waals surface area contributed by atoms with Crippen molar-refractivity contribution in [1.29, 1.82) is 0 Å². The first-order chi connectivity index (χ1) is 15.4. The van der Waals surface area contributed by atoms with Crippen molar-refractivity contribution in [2.24, 2.45) is 0 Å². The number of nitrogens with one attached hydrogen (secondary N) is 1. The summed E-state index contributed by atoms with van der Waals surface area (Å²) in [6, 6.07) is 11.4. The number of rotatable bonds is 8. The van der Waals surface area contributed by atoms with Gasteiger partial charge in [0.25, 0.3) is 5.91 Å². The molecule has 0 radical (unpaired) electrons. The molecule has 1 aromatic heterocycles. The first-order valence-electron chi connectivity index (χ1n) is 10.5. The second-order valence-electron chi connectivity index (χ2n) is 7.99. The van der Waals surface area contributed by atoms with Crippen LogP contribution in [0.25, 0.3) is 16.9 Å². The van der Waals surface area contributed by atoms with E-state index in [2.05, 4.69) is 10.2 Å². The third-order valence-corrected chi connectivity index (χ3v) is 5.90. The minimum absolute atomic E-state index is 0.183. The van der Waals surface area contributed by atoms with Crippen LogP contribution in [-0.2, 0) is 6.42 Å². The van der Waals surface area contributed by atoms with Crippen molar-refractivity contribution in [3.8, 4) is 28.4 Å². The fourth-order valence-electron chi connectivity index (χ4n) is 4.03. The van der Waals surface area contributed by atoms with Gasteiger partial charge in [0.15, 0.2) is 17.2 Å². The van der Waals surface area contributed by atoms with Gasteiger partial charge in [-0.1, -0.05) is 23.7 Å². The Balaban J connectivity index is 1.79. The lowest BCUT2D eigenvalue weighted by Crippen LogP contribution is -2.28. The first-order valence-corrected chi connectivity index (χ1v) is 10.9. The van der Waals surface area contributed by atoms with Crippen LogP contribution in [0.1, 0.15) is 28.0 Å². The molecule has 0 saturated heterocycles. The summed E-state index contributed by atoms with van der Waals surface area (Å²) in [6.45, 7) is 1.48. The maximum Gasteiger partial charge on any atom is 0.272 e. The number of hydrogen-bond acceptors (Lipinski definition) is 5. The van der Waals surface area contributed by atoms with Gasteiger partial charge >= 0.3 is 0 Å². The molecule has 168 valence electrons. The molecule has 4 rings (SSSR count). The van der Waals surface area contributed by atoms with E-state index in [0.29, 0.717) is 35.2 Å². The van der Waals surface area contributed by atoms with E-state index in [1.807, 2.05) is 50.5 Å². The summed E-state index contributed by atoms with van der Waals surface area (Å²) < 4.78 is 12.8. The van der Waals surface area contributed by atoms with Crippen LogP contribution in [0.3, 0.4) is 0 Å². The van der Waals surface area contributed by atoms with Crippen molar-refractivity contribution >= 4 is 17.5 Å². The SMILES string of the molecule is COc1cc2c(cc1OC)-c1c(c(C(=O)NCCCN(C)C)nn1-c1ccccc1Cl)C2. The molecule has 32 heavy (non-hydrogen) atoms. The Morgan fingerprint density at radius 3 is 2.59 bits per heavy atom. The van der Waals surface area contributed by atoms with Crippen molar-refractivity contribution in [3.05, 3.63) is 58.2 Å². The lowest BCUT2D eigenvalue weighted by molar-refractivity contribution is 0.0946.